The van der Waals surface area contributed by atoms with Crippen molar-refractivity contribution in [2.24, 2.45) is 5.28 Å². The molecule has 0 atom stereocenters. The van der Waals surface area contributed by atoms with Gasteiger partial charge in [-0.05, 0) is 36.0 Å². The van der Waals surface area contributed by atoms with Crippen LogP contribution in [0.5, 0.6) is 0 Å². The molecule has 2 aromatic carbocycles. The number of hydrogen-bond acceptors (Lipinski definition) is 5. The van der Waals surface area contributed by atoms with Gasteiger partial charge in [0.1, 0.15) is 4.90 Å². The molecular weight excluding hydrogens is 360 g/mol. The fraction of sp³-hybridized carbons (Fsp3) is 0.0769. The van der Waals surface area contributed by atoms with E-state index in [1.807, 2.05) is 6.92 Å². The molecule has 2 aromatic rings. The molecule has 0 aromatic heterocycles. The topological polar surface area (TPSA) is 81.8 Å². The van der Waals surface area contributed by atoms with Crippen LogP contribution in [0.25, 0.3) is 0 Å². The predicted octanol–water partition coefficient (Wildman–Crippen LogP) is 3.67. The predicted molar refractivity (Wildman–Crippen MR) is 79.3 cm³/mol. The lowest BCUT2D eigenvalue weighted by atomic mass is 10.2. The molecule has 0 fully saturated rings. The van der Waals surface area contributed by atoms with Crippen molar-refractivity contribution in [3.8, 4) is 0 Å². The van der Waals surface area contributed by atoms with Crippen LogP contribution in [0.4, 0.5) is 5.69 Å². The number of halogens is 1. The molecule has 21 heavy (non-hydrogen) atoms. The molecule has 0 aliphatic rings. The first-order valence-corrected chi connectivity index (χ1v) is 8.03. The maximum absolute atomic E-state index is 11.8. The monoisotopic (exact) mass is 370 g/mol. The standard InChI is InChI=1S/C13H11BrN2O4S/c1-10-2-8-13(9-3-10)21(18,19)20-15-16(17)12-6-4-11(14)5-7-12/h2-9H,1H3/b16-15-. The largest absolute Gasteiger partial charge is 0.592 e. The van der Waals surface area contributed by atoms with Crippen LogP contribution >= 0.6 is 15.9 Å². The zero-order chi connectivity index (χ0) is 15.5. The Morgan fingerprint density at radius 3 is 2.24 bits per heavy atom. The van der Waals surface area contributed by atoms with Crippen LogP contribution in [-0.4, -0.2) is 13.3 Å². The Bertz CT molecular complexity index is 756. The van der Waals surface area contributed by atoms with Crippen LogP contribution in [0.1, 0.15) is 5.56 Å². The summed E-state index contributed by atoms with van der Waals surface area (Å²) in [7, 11) is -4.11. The molecule has 0 unspecified atom stereocenters. The minimum Gasteiger partial charge on any atom is -0.592 e. The van der Waals surface area contributed by atoms with Gasteiger partial charge in [-0.1, -0.05) is 33.6 Å². The van der Waals surface area contributed by atoms with Crippen LogP contribution in [0.15, 0.2) is 63.2 Å². The zero-order valence-electron chi connectivity index (χ0n) is 10.9. The Morgan fingerprint density at radius 2 is 1.67 bits per heavy atom. The lowest BCUT2D eigenvalue weighted by Gasteiger charge is -2.02. The van der Waals surface area contributed by atoms with Gasteiger partial charge >= 0.3 is 10.1 Å². The van der Waals surface area contributed by atoms with Crippen molar-refractivity contribution in [2.45, 2.75) is 11.8 Å². The van der Waals surface area contributed by atoms with E-state index >= 15 is 0 Å². The summed E-state index contributed by atoms with van der Waals surface area (Å²) in [6.45, 7) is 1.83. The van der Waals surface area contributed by atoms with Gasteiger partial charge in [0.15, 0.2) is 0 Å². The van der Waals surface area contributed by atoms with Crippen molar-refractivity contribution in [1.29, 1.82) is 0 Å². The first-order valence-electron chi connectivity index (χ1n) is 5.82. The molecule has 110 valence electrons. The van der Waals surface area contributed by atoms with Gasteiger partial charge in [0, 0.05) is 16.6 Å². The number of nitrogens with zero attached hydrogens (tertiary/aromatic N) is 2. The van der Waals surface area contributed by atoms with Crippen molar-refractivity contribution < 1.29 is 17.6 Å². The Morgan fingerprint density at radius 1 is 1.10 bits per heavy atom. The molecule has 0 aliphatic heterocycles. The van der Waals surface area contributed by atoms with Gasteiger partial charge in [-0.25, -0.2) is 4.28 Å². The van der Waals surface area contributed by atoms with Gasteiger partial charge in [-0.2, -0.15) is 8.42 Å². The van der Waals surface area contributed by atoms with Crippen LogP contribution in [0.3, 0.4) is 0 Å². The summed E-state index contributed by atoms with van der Waals surface area (Å²) in [5.74, 6) is 0. The van der Waals surface area contributed by atoms with Gasteiger partial charge in [0.05, 0.1) is 0 Å². The Balaban J connectivity index is 2.18. The number of benzene rings is 2. The average Bonchev–Trinajstić information content (AvgIpc) is 2.46. The number of aryl methyl sites for hydroxylation is 1. The maximum Gasteiger partial charge on any atom is 0.363 e. The number of rotatable bonds is 4. The summed E-state index contributed by atoms with van der Waals surface area (Å²) in [6.07, 6.45) is 0. The Labute approximate surface area is 130 Å². The first-order chi connectivity index (χ1) is 9.88. The highest BCUT2D eigenvalue weighted by Gasteiger charge is 2.17. The van der Waals surface area contributed by atoms with Gasteiger partial charge in [-0.15, -0.1) is 0 Å². The normalized spacial score (nSPS) is 12.2. The molecule has 0 radical (unpaired) electrons. The summed E-state index contributed by atoms with van der Waals surface area (Å²) in [4.78, 5) is 0.0270. The van der Waals surface area contributed by atoms with Crippen LogP contribution in [0.2, 0.25) is 0 Å². The van der Waals surface area contributed by atoms with E-state index in [-0.39, 0.29) is 15.4 Å². The lowest BCUT2D eigenvalue weighted by Crippen LogP contribution is -2.04. The minimum absolute atomic E-state index is 0.0685. The van der Waals surface area contributed by atoms with E-state index in [2.05, 4.69) is 25.5 Å². The highest BCUT2D eigenvalue weighted by molar-refractivity contribution is 9.10. The van der Waals surface area contributed by atoms with Crippen molar-refractivity contribution in [3.63, 3.8) is 0 Å². The fourth-order valence-electron chi connectivity index (χ4n) is 1.44. The third kappa shape index (κ3) is 4.02. The van der Waals surface area contributed by atoms with Gasteiger partial charge in [0.25, 0.3) is 0 Å². The molecule has 0 bridgehead atoms. The molecule has 0 saturated carbocycles. The highest BCUT2D eigenvalue weighted by Crippen LogP contribution is 2.18. The van der Waals surface area contributed by atoms with E-state index in [1.165, 1.54) is 24.3 Å². The third-order valence-electron chi connectivity index (χ3n) is 2.56. The summed E-state index contributed by atoms with van der Waals surface area (Å²) in [6, 6.07) is 12.2. The van der Waals surface area contributed by atoms with Crippen LogP contribution in [0, 0.1) is 12.1 Å². The molecule has 0 saturated heterocycles. The van der Waals surface area contributed by atoms with E-state index in [1.54, 1.807) is 24.3 Å². The van der Waals surface area contributed by atoms with Crippen LogP contribution in [-0.2, 0) is 14.4 Å². The second-order valence-corrected chi connectivity index (χ2v) is 6.62. The smallest absolute Gasteiger partial charge is 0.363 e. The minimum atomic E-state index is -4.11. The van der Waals surface area contributed by atoms with Crippen LogP contribution < -0.4 is 0 Å². The first kappa shape index (κ1) is 15.5. The van der Waals surface area contributed by atoms with Crippen molar-refractivity contribution in [1.82, 2.24) is 0 Å². The lowest BCUT2D eigenvalue weighted by molar-refractivity contribution is -0.468. The van der Waals surface area contributed by atoms with Gasteiger partial charge < -0.3 is 5.21 Å². The van der Waals surface area contributed by atoms with E-state index in [4.69, 9.17) is 0 Å². The Kier molecular flexibility index (Phi) is 4.59. The summed E-state index contributed by atoms with van der Waals surface area (Å²) in [5, 5.41) is 14.7. The second kappa shape index (κ2) is 6.23. The molecule has 0 spiro atoms. The Hall–Kier alpha value is -1.93. The van der Waals surface area contributed by atoms with E-state index in [0.29, 0.717) is 0 Å². The maximum atomic E-state index is 11.8. The summed E-state index contributed by atoms with van der Waals surface area (Å²) < 4.78 is 28.9. The average molecular weight is 371 g/mol. The van der Waals surface area contributed by atoms with E-state index in [0.717, 1.165) is 10.0 Å². The second-order valence-electron chi connectivity index (χ2n) is 4.17. The SMILES string of the molecule is Cc1ccc(S(=O)(=O)O/N=[N+](\[O-])c2ccc(Br)cc2)cc1. The molecule has 6 nitrogen and oxygen atoms in total. The highest BCUT2D eigenvalue weighted by atomic mass is 79.9. The van der Waals surface area contributed by atoms with E-state index < -0.39 is 10.1 Å². The molecule has 0 aliphatic carbocycles. The fourth-order valence-corrected chi connectivity index (χ4v) is 2.41. The molecule has 0 N–H and O–H groups in total. The quantitative estimate of drug-likeness (QED) is 0.467. The molecule has 0 amide bonds. The zero-order valence-corrected chi connectivity index (χ0v) is 13.3. The van der Waals surface area contributed by atoms with Crippen molar-refractivity contribution in [2.75, 3.05) is 0 Å². The summed E-state index contributed by atoms with van der Waals surface area (Å²) in [5.41, 5.74) is 1.06. The van der Waals surface area contributed by atoms with E-state index in [9.17, 15) is 13.6 Å². The molecule has 2 rings (SSSR count). The van der Waals surface area contributed by atoms with Gasteiger partial charge in [-0.3, -0.25) is 0 Å². The van der Waals surface area contributed by atoms with Crippen molar-refractivity contribution >= 4 is 31.7 Å². The summed E-state index contributed by atoms with van der Waals surface area (Å²) >= 11 is 3.22. The van der Waals surface area contributed by atoms with Crippen molar-refractivity contribution in [3.05, 3.63) is 63.8 Å². The molecular formula is C13H11BrN2O4S. The third-order valence-corrected chi connectivity index (χ3v) is 4.20. The van der Waals surface area contributed by atoms with Gasteiger partial charge in [0.2, 0.25) is 11.0 Å². The number of hydrogen-bond donors (Lipinski definition) is 0. The molecule has 8 heteroatoms. The molecule has 0 heterocycles.